The van der Waals surface area contributed by atoms with E-state index in [1.165, 1.54) is 11.3 Å². The minimum atomic E-state index is -0.190. The fourth-order valence-corrected chi connectivity index (χ4v) is 2.49. The topological polar surface area (TPSA) is 76.1 Å². The van der Waals surface area contributed by atoms with Crippen LogP contribution in [0.5, 0.6) is 5.75 Å². The molecule has 0 saturated heterocycles. The van der Waals surface area contributed by atoms with E-state index in [9.17, 15) is 4.79 Å². The molecule has 2 aromatic heterocycles. The molecule has 0 radical (unpaired) electrons. The van der Waals surface area contributed by atoms with Gasteiger partial charge < -0.3 is 15.4 Å². The highest BCUT2D eigenvalue weighted by Gasteiger charge is 2.08. The minimum absolute atomic E-state index is 0.190. The van der Waals surface area contributed by atoms with Crippen LogP contribution in [0.25, 0.3) is 0 Å². The molecule has 0 aliphatic rings. The van der Waals surface area contributed by atoms with Crippen molar-refractivity contribution in [2.24, 2.45) is 0 Å². The highest BCUT2D eigenvalue weighted by atomic mass is 32.1. The molecule has 23 heavy (non-hydrogen) atoms. The molecular weight excluding hydrogens is 312 g/mol. The number of hydrogen-bond acceptors (Lipinski definition) is 6. The maximum atomic E-state index is 11.9. The van der Waals surface area contributed by atoms with E-state index in [1.54, 1.807) is 25.3 Å². The second-order valence-electron chi connectivity index (χ2n) is 4.59. The van der Waals surface area contributed by atoms with Crippen LogP contribution in [-0.2, 0) is 0 Å². The molecule has 0 fully saturated rings. The van der Waals surface area contributed by atoms with Crippen molar-refractivity contribution in [3.05, 3.63) is 58.8 Å². The first kappa shape index (κ1) is 15.0. The molecule has 0 unspecified atom stereocenters. The summed E-state index contributed by atoms with van der Waals surface area (Å²) in [7, 11) is 1.62. The molecule has 1 aromatic carbocycles. The van der Waals surface area contributed by atoms with Crippen LogP contribution in [0.1, 0.15) is 9.67 Å². The molecule has 0 bridgehead atoms. The summed E-state index contributed by atoms with van der Waals surface area (Å²) in [6, 6.07) is 14.5. The number of hydrogen-bond donors (Lipinski definition) is 2. The van der Waals surface area contributed by atoms with Crippen LogP contribution >= 0.6 is 11.3 Å². The Bertz CT molecular complexity index is 771. The number of thiophene rings is 1. The number of nitrogens with zero attached hydrogens (tertiary/aromatic N) is 2. The van der Waals surface area contributed by atoms with Crippen molar-refractivity contribution in [1.82, 2.24) is 10.2 Å². The normalized spacial score (nSPS) is 10.1. The second-order valence-corrected chi connectivity index (χ2v) is 5.54. The first-order valence-electron chi connectivity index (χ1n) is 6.84. The predicted octanol–water partition coefficient (Wildman–Crippen LogP) is 3.54. The fourth-order valence-electron chi connectivity index (χ4n) is 1.87. The van der Waals surface area contributed by atoms with Crippen molar-refractivity contribution < 1.29 is 9.53 Å². The SMILES string of the molecule is COc1ccc(Nc2ccc(NC(=O)c3cccs3)nn2)cc1. The van der Waals surface area contributed by atoms with Gasteiger partial charge >= 0.3 is 0 Å². The number of carbonyl (C=O) groups is 1. The Hall–Kier alpha value is -2.93. The molecule has 2 heterocycles. The molecule has 1 amide bonds. The molecule has 7 heteroatoms. The van der Waals surface area contributed by atoms with Gasteiger partial charge in [0.15, 0.2) is 11.6 Å². The average molecular weight is 326 g/mol. The van der Waals surface area contributed by atoms with Gasteiger partial charge in [0, 0.05) is 5.69 Å². The maximum Gasteiger partial charge on any atom is 0.266 e. The Morgan fingerprint density at radius 1 is 1.04 bits per heavy atom. The molecular formula is C16H14N4O2S. The number of anilines is 3. The fraction of sp³-hybridized carbons (Fsp3) is 0.0625. The van der Waals surface area contributed by atoms with Crippen LogP contribution < -0.4 is 15.4 Å². The molecule has 0 aliphatic carbocycles. The van der Waals surface area contributed by atoms with Gasteiger partial charge in [0.2, 0.25) is 0 Å². The van der Waals surface area contributed by atoms with Crippen molar-refractivity contribution in [2.75, 3.05) is 17.7 Å². The van der Waals surface area contributed by atoms with E-state index in [2.05, 4.69) is 20.8 Å². The number of benzene rings is 1. The maximum absolute atomic E-state index is 11.9. The number of rotatable bonds is 5. The van der Waals surface area contributed by atoms with Gasteiger partial charge in [0.1, 0.15) is 5.75 Å². The molecule has 6 nitrogen and oxygen atoms in total. The van der Waals surface area contributed by atoms with Gasteiger partial charge in [0.25, 0.3) is 5.91 Å². The van der Waals surface area contributed by atoms with Crippen LogP contribution in [0, 0.1) is 0 Å². The number of aromatic nitrogens is 2. The van der Waals surface area contributed by atoms with Crippen molar-refractivity contribution in [3.63, 3.8) is 0 Å². The molecule has 3 aromatic rings. The van der Waals surface area contributed by atoms with Crippen molar-refractivity contribution >= 4 is 34.6 Å². The molecule has 116 valence electrons. The zero-order chi connectivity index (χ0) is 16.1. The van der Waals surface area contributed by atoms with Gasteiger partial charge in [0.05, 0.1) is 12.0 Å². The van der Waals surface area contributed by atoms with E-state index in [0.29, 0.717) is 16.5 Å². The zero-order valence-corrected chi connectivity index (χ0v) is 13.1. The molecule has 2 N–H and O–H groups in total. The largest absolute Gasteiger partial charge is 0.497 e. The lowest BCUT2D eigenvalue weighted by molar-refractivity contribution is 0.103. The van der Waals surface area contributed by atoms with E-state index in [-0.39, 0.29) is 5.91 Å². The quantitative estimate of drug-likeness (QED) is 0.750. The van der Waals surface area contributed by atoms with E-state index < -0.39 is 0 Å². The standard InChI is InChI=1S/C16H14N4O2S/c1-22-12-6-4-11(5-7-12)17-14-8-9-15(20-19-14)18-16(21)13-3-2-10-23-13/h2-10H,1H3,(H,17,19)(H,18,20,21). The van der Waals surface area contributed by atoms with Gasteiger partial charge in [-0.3, -0.25) is 4.79 Å². The highest BCUT2D eigenvalue weighted by molar-refractivity contribution is 7.12. The lowest BCUT2D eigenvalue weighted by Crippen LogP contribution is -2.12. The van der Waals surface area contributed by atoms with Crippen LogP contribution in [-0.4, -0.2) is 23.2 Å². The predicted molar refractivity (Wildman–Crippen MR) is 90.6 cm³/mol. The third-order valence-corrected chi connectivity index (χ3v) is 3.88. The summed E-state index contributed by atoms with van der Waals surface area (Å²) in [5.41, 5.74) is 0.871. The van der Waals surface area contributed by atoms with Gasteiger partial charge in [-0.05, 0) is 47.8 Å². The van der Waals surface area contributed by atoms with Crippen LogP contribution in [0.4, 0.5) is 17.3 Å². The summed E-state index contributed by atoms with van der Waals surface area (Å²) < 4.78 is 5.11. The third kappa shape index (κ3) is 3.83. The number of carbonyl (C=O) groups excluding carboxylic acids is 1. The Morgan fingerprint density at radius 3 is 2.39 bits per heavy atom. The number of ether oxygens (including phenoxy) is 1. The molecule has 0 atom stereocenters. The minimum Gasteiger partial charge on any atom is -0.497 e. The first-order chi connectivity index (χ1) is 11.2. The van der Waals surface area contributed by atoms with Gasteiger partial charge in [-0.15, -0.1) is 21.5 Å². The molecule has 0 saturated carbocycles. The van der Waals surface area contributed by atoms with Gasteiger partial charge in [-0.25, -0.2) is 0 Å². The summed E-state index contributed by atoms with van der Waals surface area (Å²) in [5, 5.41) is 15.7. The second kappa shape index (κ2) is 6.89. The number of amides is 1. The lowest BCUT2D eigenvalue weighted by Gasteiger charge is -2.07. The summed E-state index contributed by atoms with van der Waals surface area (Å²) in [6.45, 7) is 0. The summed E-state index contributed by atoms with van der Waals surface area (Å²) in [4.78, 5) is 12.5. The third-order valence-electron chi connectivity index (χ3n) is 3.01. The number of nitrogens with one attached hydrogen (secondary N) is 2. The van der Waals surface area contributed by atoms with E-state index in [4.69, 9.17) is 4.74 Å². The van der Waals surface area contributed by atoms with Crippen molar-refractivity contribution in [1.29, 1.82) is 0 Å². The Labute approximate surface area is 137 Å². The summed E-state index contributed by atoms with van der Waals surface area (Å²) in [6.07, 6.45) is 0. The van der Waals surface area contributed by atoms with E-state index in [0.717, 1.165) is 11.4 Å². The lowest BCUT2D eigenvalue weighted by atomic mass is 10.3. The van der Waals surface area contributed by atoms with Crippen molar-refractivity contribution in [3.8, 4) is 5.75 Å². The highest BCUT2D eigenvalue weighted by Crippen LogP contribution is 2.19. The molecule has 3 rings (SSSR count). The smallest absolute Gasteiger partial charge is 0.266 e. The van der Waals surface area contributed by atoms with Crippen LogP contribution in [0.3, 0.4) is 0 Å². The zero-order valence-electron chi connectivity index (χ0n) is 12.3. The Kier molecular flexibility index (Phi) is 4.49. The Morgan fingerprint density at radius 2 is 1.78 bits per heavy atom. The molecule has 0 aliphatic heterocycles. The number of methoxy groups -OCH3 is 1. The van der Waals surface area contributed by atoms with E-state index >= 15 is 0 Å². The van der Waals surface area contributed by atoms with Gasteiger partial charge in [-0.2, -0.15) is 0 Å². The van der Waals surface area contributed by atoms with Gasteiger partial charge in [-0.1, -0.05) is 6.07 Å². The average Bonchev–Trinajstić information content (AvgIpc) is 3.12. The van der Waals surface area contributed by atoms with Crippen molar-refractivity contribution in [2.45, 2.75) is 0 Å². The first-order valence-corrected chi connectivity index (χ1v) is 7.72. The summed E-state index contributed by atoms with van der Waals surface area (Å²) in [5.74, 6) is 1.59. The summed E-state index contributed by atoms with van der Waals surface area (Å²) >= 11 is 1.38. The monoisotopic (exact) mass is 326 g/mol. The van der Waals surface area contributed by atoms with Crippen LogP contribution in [0.15, 0.2) is 53.9 Å². The Balaban J connectivity index is 1.63. The van der Waals surface area contributed by atoms with E-state index in [1.807, 2.05) is 35.7 Å². The molecule has 0 spiro atoms. The van der Waals surface area contributed by atoms with Crippen LogP contribution in [0.2, 0.25) is 0 Å².